The third kappa shape index (κ3) is 7.04. The maximum Gasteiger partial charge on any atom is 0.434 e. The van der Waals surface area contributed by atoms with Crippen molar-refractivity contribution < 1.29 is 27.6 Å². The summed E-state index contributed by atoms with van der Waals surface area (Å²) in [5.41, 5.74) is 4.79. The number of primary amides is 1. The number of rotatable bonds is 9. The highest BCUT2D eigenvalue weighted by Crippen LogP contribution is 2.33. The number of para-hydroxylation sites is 1. The number of hydrogen-bond acceptors (Lipinski definition) is 4. The summed E-state index contributed by atoms with van der Waals surface area (Å²) in [5.74, 6) is -1.62. The predicted molar refractivity (Wildman–Crippen MR) is 138 cm³/mol. The first-order chi connectivity index (χ1) is 18.6. The first-order valence-corrected chi connectivity index (χ1v) is 12.8. The molecule has 0 aliphatic heterocycles. The zero-order chi connectivity index (χ0) is 28.0. The Morgan fingerprint density at radius 3 is 2.26 bits per heavy atom. The van der Waals surface area contributed by atoms with Crippen molar-refractivity contribution >= 4 is 17.7 Å². The van der Waals surface area contributed by atoms with Crippen LogP contribution in [0, 0.1) is 5.92 Å². The number of nitrogens with one attached hydrogen (secondary N) is 2. The molecule has 3 aromatic rings. The van der Waals surface area contributed by atoms with E-state index in [1.165, 1.54) is 30.7 Å². The summed E-state index contributed by atoms with van der Waals surface area (Å²) in [6.07, 6.45) is 2.00. The van der Waals surface area contributed by atoms with E-state index >= 15 is 0 Å². The maximum atomic E-state index is 13.8. The first kappa shape index (κ1) is 27.9. The lowest BCUT2D eigenvalue weighted by molar-refractivity contribution is -0.143. The Labute approximate surface area is 223 Å². The van der Waals surface area contributed by atoms with Gasteiger partial charge in [0.15, 0.2) is 5.69 Å². The molecule has 0 saturated heterocycles. The molecule has 1 aliphatic rings. The molecule has 0 bridgehead atoms. The quantitative estimate of drug-likeness (QED) is 0.373. The van der Waals surface area contributed by atoms with Crippen molar-refractivity contribution in [3.05, 3.63) is 83.2 Å². The van der Waals surface area contributed by atoms with Crippen molar-refractivity contribution in [2.24, 2.45) is 11.7 Å². The Morgan fingerprint density at radius 2 is 1.64 bits per heavy atom. The van der Waals surface area contributed by atoms with Gasteiger partial charge in [-0.05, 0) is 42.2 Å². The molecular formula is C28H30F3N5O3. The molecule has 8 nitrogen and oxygen atoms in total. The van der Waals surface area contributed by atoms with Gasteiger partial charge < -0.3 is 16.4 Å². The standard InChI is InChI=1S/C28H30F3N5O3/c29-28(30,31)24-22(17-34-36(24)21-9-5-2-6-10-21)27(39)33-16-19-11-13-20(14-12-19)26(38)35-23(25(32)37)15-18-7-3-1-4-8-18/h2,5-6,9-14,17-18,23H,1,3-4,7-8,15-16H2,(H2,32,37)(H,33,39)(H,35,38)/t23-/m0/s1. The number of carbonyl (C=O) groups is 3. The third-order valence-electron chi connectivity index (χ3n) is 6.89. The Bertz CT molecular complexity index is 1300. The van der Waals surface area contributed by atoms with Crippen LogP contribution in [-0.4, -0.2) is 33.5 Å². The van der Waals surface area contributed by atoms with Gasteiger partial charge in [0.25, 0.3) is 11.8 Å². The molecule has 11 heteroatoms. The zero-order valence-corrected chi connectivity index (χ0v) is 21.2. The van der Waals surface area contributed by atoms with Gasteiger partial charge in [-0.3, -0.25) is 14.4 Å². The van der Waals surface area contributed by atoms with Crippen molar-refractivity contribution in [2.45, 2.75) is 57.3 Å². The van der Waals surface area contributed by atoms with Crippen LogP contribution in [0.4, 0.5) is 13.2 Å². The number of aromatic nitrogens is 2. The molecule has 0 spiro atoms. The van der Waals surface area contributed by atoms with E-state index in [1.54, 1.807) is 30.3 Å². The van der Waals surface area contributed by atoms with E-state index in [-0.39, 0.29) is 12.2 Å². The molecule has 4 rings (SSSR count). The molecule has 1 heterocycles. The van der Waals surface area contributed by atoms with Gasteiger partial charge in [0, 0.05) is 12.1 Å². The van der Waals surface area contributed by atoms with Crippen molar-refractivity contribution in [3.63, 3.8) is 0 Å². The molecule has 1 atom stereocenters. The average molecular weight is 542 g/mol. The van der Waals surface area contributed by atoms with Crippen LogP contribution >= 0.6 is 0 Å². The van der Waals surface area contributed by atoms with Crippen LogP contribution in [0.1, 0.15) is 70.5 Å². The van der Waals surface area contributed by atoms with E-state index in [0.717, 1.165) is 31.9 Å². The van der Waals surface area contributed by atoms with E-state index in [4.69, 9.17) is 5.73 Å². The largest absolute Gasteiger partial charge is 0.434 e. The second kappa shape index (κ2) is 12.1. The molecule has 39 heavy (non-hydrogen) atoms. The second-order valence-corrected chi connectivity index (χ2v) is 9.70. The number of amides is 3. The summed E-state index contributed by atoms with van der Waals surface area (Å²) < 4.78 is 42.2. The van der Waals surface area contributed by atoms with Gasteiger partial charge in [-0.2, -0.15) is 18.3 Å². The fourth-order valence-corrected chi connectivity index (χ4v) is 4.85. The number of halogens is 3. The first-order valence-electron chi connectivity index (χ1n) is 12.8. The number of nitrogens with zero attached hydrogens (tertiary/aromatic N) is 2. The molecule has 0 radical (unpaired) electrons. The van der Waals surface area contributed by atoms with Gasteiger partial charge in [0.1, 0.15) is 6.04 Å². The highest BCUT2D eigenvalue weighted by molar-refractivity contribution is 5.97. The number of hydrogen-bond donors (Lipinski definition) is 3. The zero-order valence-electron chi connectivity index (χ0n) is 21.2. The lowest BCUT2D eigenvalue weighted by Crippen LogP contribution is -2.45. The highest BCUT2D eigenvalue weighted by Gasteiger charge is 2.40. The Morgan fingerprint density at radius 1 is 0.974 bits per heavy atom. The predicted octanol–water partition coefficient (Wildman–Crippen LogP) is 4.38. The summed E-state index contributed by atoms with van der Waals surface area (Å²) >= 11 is 0. The van der Waals surface area contributed by atoms with E-state index in [1.807, 2.05) is 0 Å². The minimum atomic E-state index is -4.81. The number of benzene rings is 2. The Balaban J connectivity index is 1.38. The Hall–Kier alpha value is -4.15. The van der Waals surface area contributed by atoms with Gasteiger partial charge in [0.2, 0.25) is 5.91 Å². The van der Waals surface area contributed by atoms with Crippen molar-refractivity contribution in [1.82, 2.24) is 20.4 Å². The third-order valence-corrected chi connectivity index (χ3v) is 6.89. The van der Waals surface area contributed by atoms with Gasteiger partial charge in [-0.25, -0.2) is 4.68 Å². The van der Waals surface area contributed by atoms with Crippen molar-refractivity contribution in [1.29, 1.82) is 0 Å². The fourth-order valence-electron chi connectivity index (χ4n) is 4.85. The molecule has 1 saturated carbocycles. The molecule has 4 N–H and O–H groups in total. The molecule has 1 aliphatic carbocycles. The summed E-state index contributed by atoms with van der Waals surface area (Å²) in [6.45, 7) is -0.0693. The van der Waals surface area contributed by atoms with Crippen LogP contribution in [0.2, 0.25) is 0 Å². The van der Waals surface area contributed by atoms with E-state index < -0.39 is 41.2 Å². The summed E-state index contributed by atoms with van der Waals surface area (Å²) in [4.78, 5) is 37.3. The van der Waals surface area contributed by atoms with Crippen LogP contribution in [0.25, 0.3) is 5.69 Å². The van der Waals surface area contributed by atoms with E-state index in [9.17, 15) is 27.6 Å². The number of carbonyl (C=O) groups excluding carboxylic acids is 3. The molecule has 0 unspecified atom stereocenters. The van der Waals surface area contributed by atoms with Crippen LogP contribution in [0.5, 0.6) is 0 Å². The average Bonchev–Trinajstić information content (AvgIpc) is 3.39. The molecule has 1 fully saturated rings. The SMILES string of the molecule is NC(=O)[C@H](CC1CCCCC1)NC(=O)c1ccc(CNC(=O)c2cnn(-c3ccccc3)c2C(F)(F)F)cc1. The fraction of sp³-hybridized carbons (Fsp3) is 0.357. The highest BCUT2D eigenvalue weighted by atomic mass is 19.4. The van der Waals surface area contributed by atoms with E-state index in [0.29, 0.717) is 28.1 Å². The lowest BCUT2D eigenvalue weighted by Gasteiger charge is -2.25. The number of nitrogens with two attached hydrogens (primary N) is 1. The summed E-state index contributed by atoms with van der Waals surface area (Å²) in [7, 11) is 0. The van der Waals surface area contributed by atoms with E-state index in [2.05, 4.69) is 15.7 Å². The van der Waals surface area contributed by atoms with Gasteiger partial charge in [0.05, 0.1) is 17.4 Å². The Kier molecular flexibility index (Phi) is 8.68. The smallest absolute Gasteiger partial charge is 0.368 e. The molecule has 2 aromatic carbocycles. The molecular weight excluding hydrogens is 511 g/mol. The van der Waals surface area contributed by atoms with Gasteiger partial charge >= 0.3 is 6.18 Å². The normalized spacial score (nSPS) is 14.9. The monoisotopic (exact) mass is 541 g/mol. The lowest BCUT2D eigenvalue weighted by atomic mass is 9.84. The van der Waals surface area contributed by atoms with Crippen molar-refractivity contribution in [2.75, 3.05) is 0 Å². The van der Waals surface area contributed by atoms with Crippen LogP contribution in [0.15, 0.2) is 60.8 Å². The molecule has 206 valence electrons. The topological polar surface area (TPSA) is 119 Å². The summed E-state index contributed by atoms with van der Waals surface area (Å²) in [6, 6.07) is 13.2. The van der Waals surface area contributed by atoms with Crippen molar-refractivity contribution in [3.8, 4) is 5.69 Å². The van der Waals surface area contributed by atoms with Gasteiger partial charge in [-0.15, -0.1) is 0 Å². The maximum absolute atomic E-state index is 13.8. The molecule has 3 amide bonds. The minimum absolute atomic E-state index is 0.0693. The second-order valence-electron chi connectivity index (χ2n) is 9.70. The number of alkyl halides is 3. The minimum Gasteiger partial charge on any atom is -0.368 e. The van der Waals surface area contributed by atoms with Gasteiger partial charge in [-0.1, -0.05) is 62.4 Å². The summed E-state index contributed by atoms with van der Waals surface area (Å²) in [5, 5.41) is 8.98. The van der Waals surface area contributed by atoms with Crippen LogP contribution in [-0.2, 0) is 17.5 Å². The molecule has 1 aromatic heterocycles. The van der Waals surface area contributed by atoms with Crippen LogP contribution in [0.3, 0.4) is 0 Å². The van der Waals surface area contributed by atoms with Crippen LogP contribution < -0.4 is 16.4 Å².